The normalized spacial score (nSPS) is 13.2. The van der Waals surface area contributed by atoms with E-state index in [0.29, 0.717) is 12.2 Å². The number of hydrogen-bond acceptors (Lipinski definition) is 3. The lowest BCUT2D eigenvalue weighted by Crippen LogP contribution is -2.41. The molecular weight excluding hydrogens is 302 g/mol. The van der Waals surface area contributed by atoms with E-state index in [-0.39, 0.29) is 4.90 Å². The molecule has 1 aromatic rings. The van der Waals surface area contributed by atoms with Crippen LogP contribution in [0.3, 0.4) is 0 Å². The SMILES string of the molecule is CNCc1cc(S(=O)(=O)NCC(F)(F)C(F)F)cn1C. The largest absolute Gasteiger partial charge is 0.352 e. The molecule has 5 nitrogen and oxygen atoms in total. The Bertz CT molecular complexity index is 557. The third kappa shape index (κ3) is 3.93. The molecule has 10 heteroatoms. The van der Waals surface area contributed by atoms with Crippen LogP contribution in [0.15, 0.2) is 17.2 Å². The lowest BCUT2D eigenvalue weighted by atomic mass is 10.4. The minimum Gasteiger partial charge on any atom is -0.352 e. The number of aryl methyl sites for hydroxylation is 1. The van der Waals surface area contributed by atoms with Crippen molar-refractivity contribution in [2.45, 2.75) is 23.8 Å². The predicted molar refractivity (Wildman–Crippen MR) is 64.3 cm³/mol. The highest BCUT2D eigenvalue weighted by atomic mass is 32.2. The van der Waals surface area contributed by atoms with Crippen LogP contribution < -0.4 is 10.0 Å². The molecule has 0 bridgehead atoms. The van der Waals surface area contributed by atoms with Gasteiger partial charge in [-0.15, -0.1) is 0 Å². The van der Waals surface area contributed by atoms with Gasteiger partial charge in [0.2, 0.25) is 10.0 Å². The highest BCUT2D eigenvalue weighted by Crippen LogP contribution is 2.22. The molecule has 20 heavy (non-hydrogen) atoms. The number of sulfonamides is 1. The van der Waals surface area contributed by atoms with E-state index < -0.39 is 28.9 Å². The van der Waals surface area contributed by atoms with Crippen LogP contribution in [0.25, 0.3) is 0 Å². The average Bonchev–Trinajstić information content (AvgIpc) is 2.70. The topological polar surface area (TPSA) is 63.1 Å². The summed E-state index contributed by atoms with van der Waals surface area (Å²) >= 11 is 0. The zero-order valence-electron chi connectivity index (χ0n) is 10.8. The summed E-state index contributed by atoms with van der Waals surface area (Å²) in [7, 11) is -1.02. The summed E-state index contributed by atoms with van der Waals surface area (Å²) in [5.41, 5.74) is 0.605. The second kappa shape index (κ2) is 6.10. The first-order valence-corrected chi connectivity index (χ1v) is 7.04. The van der Waals surface area contributed by atoms with Crippen LogP contribution in [0.4, 0.5) is 17.6 Å². The lowest BCUT2D eigenvalue weighted by molar-refractivity contribution is -0.122. The maximum absolute atomic E-state index is 12.7. The molecular formula is C10H15F4N3O2S. The summed E-state index contributed by atoms with van der Waals surface area (Å²) in [6.07, 6.45) is -2.71. The highest BCUT2D eigenvalue weighted by Gasteiger charge is 2.41. The molecule has 0 unspecified atom stereocenters. The first-order chi connectivity index (χ1) is 9.10. The van der Waals surface area contributed by atoms with E-state index in [1.54, 1.807) is 14.1 Å². The molecule has 0 saturated heterocycles. The summed E-state index contributed by atoms with van der Waals surface area (Å²) < 4.78 is 75.8. The summed E-state index contributed by atoms with van der Waals surface area (Å²) in [6, 6.07) is 1.28. The molecule has 0 aromatic carbocycles. The molecule has 0 amide bonds. The van der Waals surface area contributed by atoms with Gasteiger partial charge in [-0.05, 0) is 13.1 Å². The number of nitrogens with one attached hydrogen (secondary N) is 2. The zero-order chi connectivity index (χ0) is 15.6. The fourth-order valence-electron chi connectivity index (χ4n) is 1.43. The van der Waals surface area contributed by atoms with Crippen LogP contribution in [-0.4, -0.2) is 38.9 Å². The third-order valence-corrected chi connectivity index (χ3v) is 3.94. The Labute approximate surface area is 114 Å². The molecule has 0 atom stereocenters. The highest BCUT2D eigenvalue weighted by molar-refractivity contribution is 7.89. The van der Waals surface area contributed by atoms with Crippen molar-refractivity contribution in [3.8, 4) is 0 Å². The molecule has 1 heterocycles. The van der Waals surface area contributed by atoms with E-state index in [1.165, 1.54) is 21.6 Å². The first-order valence-electron chi connectivity index (χ1n) is 5.55. The van der Waals surface area contributed by atoms with Gasteiger partial charge in [-0.2, -0.15) is 8.78 Å². The van der Waals surface area contributed by atoms with Crippen LogP contribution in [-0.2, 0) is 23.6 Å². The van der Waals surface area contributed by atoms with Gasteiger partial charge < -0.3 is 9.88 Å². The van der Waals surface area contributed by atoms with E-state index in [0.717, 1.165) is 0 Å². The number of alkyl halides is 4. The van der Waals surface area contributed by atoms with Crippen LogP contribution in [0.2, 0.25) is 0 Å². The van der Waals surface area contributed by atoms with E-state index >= 15 is 0 Å². The van der Waals surface area contributed by atoms with Gasteiger partial charge in [-0.25, -0.2) is 21.9 Å². The Morgan fingerprint density at radius 3 is 2.50 bits per heavy atom. The molecule has 116 valence electrons. The maximum atomic E-state index is 12.7. The Morgan fingerprint density at radius 2 is 2.00 bits per heavy atom. The second-order valence-corrected chi connectivity index (χ2v) is 5.96. The quantitative estimate of drug-likeness (QED) is 0.735. The molecule has 0 aliphatic rings. The average molecular weight is 317 g/mol. The van der Waals surface area contributed by atoms with Crippen molar-refractivity contribution in [3.63, 3.8) is 0 Å². The number of halogens is 4. The number of aromatic nitrogens is 1. The molecule has 0 radical (unpaired) electrons. The van der Waals surface area contributed by atoms with Gasteiger partial charge in [-0.3, -0.25) is 0 Å². The van der Waals surface area contributed by atoms with Gasteiger partial charge in [0.15, 0.2) is 0 Å². The number of rotatable bonds is 7. The lowest BCUT2D eigenvalue weighted by Gasteiger charge is -2.15. The van der Waals surface area contributed by atoms with Crippen LogP contribution >= 0.6 is 0 Å². The number of nitrogens with zero attached hydrogens (tertiary/aromatic N) is 1. The van der Waals surface area contributed by atoms with Gasteiger partial charge in [0.25, 0.3) is 0 Å². The standard InChI is InChI=1S/C10H15F4N3O2S/c1-15-4-7-3-8(5-17(7)2)20(18,19)16-6-10(13,14)9(11)12/h3,5,9,15-16H,4,6H2,1-2H3. The van der Waals surface area contributed by atoms with Gasteiger partial charge in [0, 0.05) is 25.5 Å². The minimum absolute atomic E-state index is 0.254. The molecule has 0 spiro atoms. The van der Waals surface area contributed by atoms with Crippen molar-refractivity contribution in [1.82, 2.24) is 14.6 Å². The van der Waals surface area contributed by atoms with Crippen molar-refractivity contribution in [2.24, 2.45) is 7.05 Å². The van der Waals surface area contributed by atoms with Crippen LogP contribution in [0.1, 0.15) is 5.69 Å². The minimum atomic E-state index is -4.41. The third-order valence-electron chi connectivity index (χ3n) is 2.57. The zero-order valence-corrected chi connectivity index (χ0v) is 11.6. The van der Waals surface area contributed by atoms with Gasteiger partial charge >= 0.3 is 12.3 Å². The van der Waals surface area contributed by atoms with Crippen molar-refractivity contribution in [3.05, 3.63) is 18.0 Å². The Balaban J connectivity index is 2.87. The monoisotopic (exact) mass is 317 g/mol. The molecule has 0 aliphatic heterocycles. The molecule has 0 fully saturated rings. The summed E-state index contributed by atoms with van der Waals surface area (Å²) in [5.74, 6) is -4.41. The van der Waals surface area contributed by atoms with E-state index in [4.69, 9.17) is 0 Å². The Morgan fingerprint density at radius 1 is 1.40 bits per heavy atom. The predicted octanol–water partition coefficient (Wildman–Crippen LogP) is 0.923. The second-order valence-electron chi connectivity index (χ2n) is 4.19. The van der Waals surface area contributed by atoms with Crippen LogP contribution in [0.5, 0.6) is 0 Å². The van der Waals surface area contributed by atoms with Crippen LogP contribution in [0, 0.1) is 0 Å². The smallest absolute Gasteiger partial charge is 0.320 e. The van der Waals surface area contributed by atoms with E-state index in [9.17, 15) is 26.0 Å². The molecule has 1 aromatic heterocycles. The van der Waals surface area contributed by atoms with E-state index in [1.807, 2.05) is 0 Å². The van der Waals surface area contributed by atoms with E-state index in [2.05, 4.69) is 5.32 Å². The van der Waals surface area contributed by atoms with Gasteiger partial charge in [-0.1, -0.05) is 0 Å². The summed E-state index contributed by atoms with van der Waals surface area (Å²) in [6.45, 7) is -1.28. The molecule has 0 aliphatic carbocycles. The van der Waals surface area contributed by atoms with Gasteiger partial charge in [0.05, 0.1) is 11.4 Å². The van der Waals surface area contributed by atoms with Crippen molar-refractivity contribution < 1.29 is 26.0 Å². The fourth-order valence-corrected chi connectivity index (χ4v) is 2.57. The van der Waals surface area contributed by atoms with Crippen molar-refractivity contribution in [1.29, 1.82) is 0 Å². The Kier molecular flexibility index (Phi) is 5.16. The first kappa shape index (κ1) is 16.9. The van der Waals surface area contributed by atoms with Gasteiger partial charge in [0.1, 0.15) is 0 Å². The Hall–Kier alpha value is -1.13. The molecule has 2 N–H and O–H groups in total. The fraction of sp³-hybridized carbons (Fsp3) is 0.600. The number of hydrogen-bond donors (Lipinski definition) is 2. The maximum Gasteiger partial charge on any atom is 0.320 e. The van der Waals surface area contributed by atoms with Crippen molar-refractivity contribution >= 4 is 10.0 Å². The summed E-state index contributed by atoms with van der Waals surface area (Å²) in [4.78, 5) is -0.254. The molecule has 0 saturated carbocycles. The summed E-state index contributed by atoms with van der Waals surface area (Å²) in [5, 5.41) is 2.81. The van der Waals surface area contributed by atoms with Crippen molar-refractivity contribution in [2.75, 3.05) is 13.6 Å². The molecule has 1 rings (SSSR count).